The van der Waals surface area contributed by atoms with Crippen LogP contribution in [0.15, 0.2) is 23.1 Å². The highest BCUT2D eigenvalue weighted by molar-refractivity contribution is 7.99. The Balaban J connectivity index is 1.88. The molecule has 1 atom stereocenters. The van der Waals surface area contributed by atoms with Gasteiger partial charge >= 0.3 is 0 Å². The van der Waals surface area contributed by atoms with Crippen molar-refractivity contribution < 1.29 is 9.47 Å². The zero-order chi connectivity index (χ0) is 14.9. The Bertz CT molecular complexity index is 482. The van der Waals surface area contributed by atoms with E-state index >= 15 is 0 Å². The van der Waals surface area contributed by atoms with Crippen LogP contribution in [0.3, 0.4) is 0 Å². The first-order valence-electron chi connectivity index (χ1n) is 7.30. The fraction of sp³-hybridized carbons (Fsp3) is 0.562. The van der Waals surface area contributed by atoms with E-state index in [1.165, 1.54) is 0 Å². The van der Waals surface area contributed by atoms with Crippen LogP contribution in [-0.4, -0.2) is 38.7 Å². The van der Waals surface area contributed by atoms with Gasteiger partial charge in [-0.2, -0.15) is 5.26 Å². The van der Waals surface area contributed by atoms with Gasteiger partial charge in [0, 0.05) is 37.5 Å². The van der Waals surface area contributed by atoms with Crippen LogP contribution >= 0.6 is 11.8 Å². The fourth-order valence-electron chi connectivity index (χ4n) is 2.27. The van der Waals surface area contributed by atoms with Gasteiger partial charge in [0.15, 0.2) is 0 Å². The molecule has 0 amide bonds. The molecular formula is C16H22N2O2S. The Kier molecular flexibility index (Phi) is 7.04. The number of rotatable bonds is 8. The summed E-state index contributed by atoms with van der Waals surface area (Å²) in [6.07, 6.45) is 2.63. The average Bonchev–Trinajstić information content (AvgIpc) is 3.03. The Labute approximate surface area is 130 Å². The third-order valence-corrected chi connectivity index (χ3v) is 4.63. The van der Waals surface area contributed by atoms with E-state index in [-0.39, 0.29) is 0 Å². The average molecular weight is 306 g/mol. The van der Waals surface area contributed by atoms with Crippen LogP contribution in [0, 0.1) is 11.3 Å². The highest BCUT2D eigenvalue weighted by atomic mass is 32.2. The lowest BCUT2D eigenvalue weighted by Gasteiger charge is -2.11. The molecule has 1 heterocycles. The monoisotopic (exact) mass is 306 g/mol. The van der Waals surface area contributed by atoms with Crippen molar-refractivity contribution >= 4 is 11.8 Å². The van der Waals surface area contributed by atoms with E-state index in [0.29, 0.717) is 12.7 Å². The van der Waals surface area contributed by atoms with Crippen LogP contribution in [-0.2, 0) is 16.0 Å². The summed E-state index contributed by atoms with van der Waals surface area (Å²) in [5.74, 6) is 0.931. The van der Waals surface area contributed by atoms with E-state index in [0.717, 1.165) is 54.3 Å². The third kappa shape index (κ3) is 5.33. The molecule has 4 nitrogen and oxygen atoms in total. The highest BCUT2D eigenvalue weighted by Crippen LogP contribution is 2.27. The van der Waals surface area contributed by atoms with Crippen molar-refractivity contribution in [1.82, 2.24) is 5.32 Å². The second kappa shape index (κ2) is 9.06. The molecule has 1 fully saturated rings. The molecule has 1 unspecified atom stereocenters. The minimum atomic E-state index is 0.344. The normalized spacial score (nSPS) is 17.8. The summed E-state index contributed by atoms with van der Waals surface area (Å²) in [6.45, 7) is 3.14. The SMILES string of the molecule is COCCNCc1ccc(SCC2CCCO2)c(C#N)c1. The molecule has 5 heteroatoms. The number of ether oxygens (including phenoxy) is 2. The van der Waals surface area contributed by atoms with Gasteiger partial charge in [-0.15, -0.1) is 11.8 Å². The van der Waals surface area contributed by atoms with E-state index in [1.54, 1.807) is 18.9 Å². The number of nitriles is 1. The highest BCUT2D eigenvalue weighted by Gasteiger charge is 2.16. The molecule has 0 aliphatic carbocycles. The molecule has 0 radical (unpaired) electrons. The predicted molar refractivity (Wildman–Crippen MR) is 84.4 cm³/mol. The van der Waals surface area contributed by atoms with Gasteiger partial charge < -0.3 is 14.8 Å². The molecule has 0 saturated carbocycles. The van der Waals surface area contributed by atoms with Crippen LogP contribution in [0.4, 0.5) is 0 Å². The number of nitrogens with one attached hydrogen (secondary N) is 1. The minimum absolute atomic E-state index is 0.344. The molecule has 1 aliphatic rings. The maximum Gasteiger partial charge on any atom is 0.100 e. The molecule has 1 aliphatic heterocycles. The van der Waals surface area contributed by atoms with Gasteiger partial charge in [0.1, 0.15) is 6.07 Å². The fourth-order valence-corrected chi connectivity index (χ4v) is 3.32. The van der Waals surface area contributed by atoms with Crippen molar-refractivity contribution in [3.05, 3.63) is 29.3 Å². The van der Waals surface area contributed by atoms with Crippen molar-refractivity contribution in [2.45, 2.75) is 30.4 Å². The Morgan fingerprint density at radius 1 is 1.52 bits per heavy atom. The molecule has 2 rings (SSSR count). The summed E-state index contributed by atoms with van der Waals surface area (Å²) >= 11 is 1.72. The van der Waals surface area contributed by atoms with Crippen LogP contribution in [0.5, 0.6) is 0 Å². The molecule has 1 saturated heterocycles. The molecule has 0 bridgehead atoms. The van der Waals surface area contributed by atoms with Crippen molar-refractivity contribution in [3.63, 3.8) is 0 Å². The number of hydrogen-bond acceptors (Lipinski definition) is 5. The number of thioether (sulfide) groups is 1. The maximum atomic E-state index is 9.31. The lowest BCUT2D eigenvalue weighted by Crippen LogP contribution is -2.18. The summed E-state index contributed by atoms with van der Waals surface area (Å²) in [5.41, 5.74) is 1.88. The van der Waals surface area contributed by atoms with Crippen LogP contribution in [0.2, 0.25) is 0 Å². The van der Waals surface area contributed by atoms with Gasteiger partial charge in [0.25, 0.3) is 0 Å². The number of nitrogens with zero attached hydrogens (tertiary/aromatic N) is 1. The topological polar surface area (TPSA) is 54.3 Å². The first-order chi connectivity index (χ1) is 10.3. The smallest absolute Gasteiger partial charge is 0.100 e. The Hall–Kier alpha value is -1.06. The second-order valence-corrected chi connectivity index (χ2v) is 6.12. The number of hydrogen-bond donors (Lipinski definition) is 1. The Morgan fingerprint density at radius 2 is 2.43 bits per heavy atom. The Morgan fingerprint density at radius 3 is 3.14 bits per heavy atom. The molecular weight excluding hydrogens is 284 g/mol. The van der Waals surface area contributed by atoms with Crippen LogP contribution in [0.25, 0.3) is 0 Å². The molecule has 1 N–H and O–H groups in total. The summed E-state index contributed by atoms with van der Waals surface area (Å²) in [6, 6.07) is 8.40. The summed E-state index contributed by atoms with van der Waals surface area (Å²) in [4.78, 5) is 1.05. The van der Waals surface area contributed by atoms with Crippen LogP contribution in [0.1, 0.15) is 24.0 Å². The summed E-state index contributed by atoms with van der Waals surface area (Å²) in [5, 5.41) is 12.6. The maximum absolute atomic E-state index is 9.31. The first kappa shape index (κ1) is 16.3. The molecule has 114 valence electrons. The van der Waals surface area contributed by atoms with Crippen LogP contribution < -0.4 is 5.32 Å². The summed E-state index contributed by atoms with van der Waals surface area (Å²) in [7, 11) is 1.69. The van der Waals surface area contributed by atoms with Crippen molar-refractivity contribution in [2.75, 3.05) is 32.6 Å². The van der Waals surface area contributed by atoms with Gasteiger partial charge in [0.2, 0.25) is 0 Å². The zero-order valence-corrected chi connectivity index (χ0v) is 13.2. The summed E-state index contributed by atoms with van der Waals surface area (Å²) < 4.78 is 10.6. The van der Waals surface area contributed by atoms with Crippen molar-refractivity contribution in [3.8, 4) is 6.07 Å². The number of methoxy groups -OCH3 is 1. The standard InChI is InChI=1S/C16H22N2O2S/c1-19-8-6-18-11-13-4-5-16(14(9-13)10-17)21-12-15-3-2-7-20-15/h4-5,9,15,18H,2-3,6-8,11-12H2,1H3. The van der Waals surface area contributed by atoms with E-state index < -0.39 is 0 Å². The number of benzene rings is 1. The lowest BCUT2D eigenvalue weighted by molar-refractivity contribution is 0.129. The van der Waals surface area contributed by atoms with Gasteiger partial charge in [-0.25, -0.2) is 0 Å². The quantitative estimate of drug-likeness (QED) is 0.591. The molecule has 0 aromatic heterocycles. The van der Waals surface area contributed by atoms with Gasteiger partial charge in [-0.3, -0.25) is 0 Å². The molecule has 1 aromatic carbocycles. The van der Waals surface area contributed by atoms with Crippen molar-refractivity contribution in [2.24, 2.45) is 0 Å². The largest absolute Gasteiger partial charge is 0.383 e. The van der Waals surface area contributed by atoms with Gasteiger partial charge in [0.05, 0.1) is 18.3 Å². The van der Waals surface area contributed by atoms with E-state index in [4.69, 9.17) is 9.47 Å². The van der Waals surface area contributed by atoms with E-state index in [2.05, 4.69) is 17.5 Å². The predicted octanol–water partition coefficient (Wildman–Crippen LogP) is 2.57. The molecule has 1 aromatic rings. The zero-order valence-electron chi connectivity index (χ0n) is 12.4. The van der Waals surface area contributed by atoms with Crippen molar-refractivity contribution in [1.29, 1.82) is 5.26 Å². The van der Waals surface area contributed by atoms with Gasteiger partial charge in [-0.05, 0) is 30.5 Å². The first-order valence-corrected chi connectivity index (χ1v) is 8.29. The minimum Gasteiger partial charge on any atom is -0.383 e. The molecule has 0 spiro atoms. The van der Waals surface area contributed by atoms with E-state index in [9.17, 15) is 5.26 Å². The molecule has 21 heavy (non-hydrogen) atoms. The van der Waals surface area contributed by atoms with Gasteiger partial charge in [-0.1, -0.05) is 6.07 Å². The lowest BCUT2D eigenvalue weighted by atomic mass is 10.1. The second-order valence-electron chi connectivity index (χ2n) is 5.06. The third-order valence-electron chi connectivity index (χ3n) is 3.43. The van der Waals surface area contributed by atoms with E-state index in [1.807, 2.05) is 12.1 Å².